The largest absolute Gasteiger partial charge is 0.355 e. The molecule has 1 amide bonds. The second-order valence-electron chi connectivity index (χ2n) is 4.57. The van der Waals surface area contributed by atoms with Gasteiger partial charge in [-0.05, 0) is 13.8 Å². The van der Waals surface area contributed by atoms with Gasteiger partial charge in [0.05, 0.1) is 10.4 Å². The first kappa shape index (κ1) is 13.1. The molecule has 0 saturated heterocycles. The van der Waals surface area contributed by atoms with Crippen molar-refractivity contribution < 1.29 is 4.79 Å². The molecule has 0 saturated carbocycles. The molecule has 0 aliphatic heterocycles. The number of hydrogen-bond acceptors (Lipinski definition) is 4. The van der Waals surface area contributed by atoms with Gasteiger partial charge in [-0.15, -0.1) is 11.3 Å². The van der Waals surface area contributed by atoms with Crippen molar-refractivity contribution in [3.63, 3.8) is 0 Å². The lowest BCUT2D eigenvalue weighted by Gasteiger charge is -2.22. The van der Waals surface area contributed by atoms with E-state index in [9.17, 15) is 4.79 Å². The summed E-state index contributed by atoms with van der Waals surface area (Å²) in [5.74, 6) is 0.246. The lowest BCUT2D eigenvalue weighted by Crippen LogP contribution is -2.42. The third-order valence-electron chi connectivity index (χ3n) is 2.57. The Hall–Kier alpha value is -0.940. The highest BCUT2D eigenvalue weighted by molar-refractivity contribution is 7.09. The van der Waals surface area contributed by atoms with E-state index in [1.165, 1.54) is 0 Å². The van der Waals surface area contributed by atoms with Gasteiger partial charge in [0.2, 0.25) is 5.91 Å². The molecule has 1 rings (SSSR count). The fourth-order valence-corrected chi connectivity index (χ4v) is 1.84. The monoisotopic (exact) mass is 241 g/mol. The predicted molar refractivity (Wildman–Crippen MR) is 66.4 cm³/mol. The molecular formula is C11H19N3OS. The van der Waals surface area contributed by atoms with Crippen molar-refractivity contribution in [3.8, 4) is 0 Å². The van der Waals surface area contributed by atoms with Crippen molar-refractivity contribution in [1.82, 2.24) is 10.3 Å². The average Bonchev–Trinajstić information content (AvgIpc) is 2.78. The third-order valence-corrected chi connectivity index (χ3v) is 3.57. The van der Waals surface area contributed by atoms with E-state index >= 15 is 0 Å². The Kier molecular flexibility index (Phi) is 4.44. The molecule has 1 atom stereocenters. The van der Waals surface area contributed by atoms with Crippen LogP contribution >= 0.6 is 11.3 Å². The molecule has 0 spiro atoms. The summed E-state index contributed by atoms with van der Waals surface area (Å²) in [4.78, 5) is 16.0. The number of nitrogens with two attached hydrogens (primary N) is 1. The number of rotatable bonds is 5. The number of nitrogens with one attached hydrogen (secondary N) is 1. The molecule has 0 aromatic carbocycles. The third kappa shape index (κ3) is 3.28. The average molecular weight is 241 g/mol. The molecule has 1 aromatic heterocycles. The molecule has 0 aliphatic rings. The van der Waals surface area contributed by atoms with Gasteiger partial charge in [0.25, 0.3) is 0 Å². The van der Waals surface area contributed by atoms with Gasteiger partial charge in [0.1, 0.15) is 0 Å². The lowest BCUT2D eigenvalue weighted by molar-refractivity contribution is -0.128. The van der Waals surface area contributed by atoms with Gasteiger partial charge in [-0.2, -0.15) is 0 Å². The summed E-state index contributed by atoms with van der Waals surface area (Å²) in [5, 5.41) is 5.90. The van der Waals surface area contributed by atoms with E-state index in [1.54, 1.807) is 17.5 Å². The normalized spacial score (nSPS) is 13.5. The Morgan fingerprint density at radius 3 is 2.88 bits per heavy atom. The van der Waals surface area contributed by atoms with Crippen LogP contribution in [0.4, 0.5) is 0 Å². The van der Waals surface area contributed by atoms with Gasteiger partial charge < -0.3 is 11.1 Å². The molecule has 16 heavy (non-hydrogen) atoms. The van der Waals surface area contributed by atoms with Gasteiger partial charge in [-0.1, -0.05) is 6.92 Å². The first-order chi connectivity index (χ1) is 7.47. The number of thiazole rings is 1. The molecule has 1 unspecified atom stereocenters. The van der Waals surface area contributed by atoms with Crippen molar-refractivity contribution in [3.05, 3.63) is 16.6 Å². The second-order valence-corrected chi connectivity index (χ2v) is 5.50. The van der Waals surface area contributed by atoms with Gasteiger partial charge in [-0.25, -0.2) is 4.98 Å². The van der Waals surface area contributed by atoms with Crippen molar-refractivity contribution in [1.29, 1.82) is 0 Å². The molecule has 3 N–H and O–H groups in total. The van der Waals surface area contributed by atoms with E-state index in [0.717, 1.165) is 5.01 Å². The minimum Gasteiger partial charge on any atom is -0.355 e. The van der Waals surface area contributed by atoms with Crippen LogP contribution in [0, 0.1) is 5.41 Å². The maximum Gasteiger partial charge on any atom is 0.226 e. The smallest absolute Gasteiger partial charge is 0.226 e. The van der Waals surface area contributed by atoms with Crippen LogP contribution < -0.4 is 11.1 Å². The highest BCUT2D eigenvalue weighted by Crippen LogP contribution is 2.17. The first-order valence-electron chi connectivity index (χ1n) is 5.35. The molecule has 1 heterocycles. The van der Waals surface area contributed by atoms with E-state index in [-0.39, 0.29) is 11.8 Å². The van der Waals surface area contributed by atoms with Crippen LogP contribution in [0.5, 0.6) is 0 Å². The number of aromatic nitrogens is 1. The molecule has 5 heteroatoms. The summed E-state index contributed by atoms with van der Waals surface area (Å²) in [6.45, 7) is 6.70. The predicted octanol–water partition coefficient (Wildman–Crippen LogP) is 1.35. The maximum atomic E-state index is 11.8. The molecule has 0 bridgehead atoms. The van der Waals surface area contributed by atoms with Gasteiger partial charge >= 0.3 is 0 Å². The van der Waals surface area contributed by atoms with Crippen LogP contribution in [0.2, 0.25) is 0 Å². The van der Waals surface area contributed by atoms with Crippen molar-refractivity contribution in [2.75, 3.05) is 13.1 Å². The zero-order valence-electron chi connectivity index (χ0n) is 9.99. The summed E-state index contributed by atoms with van der Waals surface area (Å²) in [5.41, 5.74) is 5.04. The fourth-order valence-electron chi connectivity index (χ4n) is 1.14. The van der Waals surface area contributed by atoms with E-state index in [0.29, 0.717) is 13.1 Å². The Balaban J connectivity index is 2.44. The molecule has 4 nitrogen and oxygen atoms in total. The zero-order chi connectivity index (χ0) is 12.2. The number of carbonyl (C=O) groups excluding carboxylic acids is 1. The van der Waals surface area contributed by atoms with Crippen LogP contribution in [0.25, 0.3) is 0 Å². The zero-order valence-corrected chi connectivity index (χ0v) is 10.8. The van der Waals surface area contributed by atoms with Gasteiger partial charge in [-0.3, -0.25) is 4.79 Å². The second kappa shape index (κ2) is 5.41. The number of hydrogen-bond donors (Lipinski definition) is 2. The topological polar surface area (TPSA) is 68.0 Å². The maximum absolute atomic E-state index is 11.8. The van der Waals surface area contributed by atoms with Crippen LogP contribution in [0.15, 0.2) is 11.6 Å². The molecule has 0 aliphatic carbocycles. The SMILES string of the molecule is CC(CNC(=O)C(C)(C)CN)c1nccs1. The number of amides is 1. The van der Waals surface area contributed by atoms with Crippen molar-refractivity contribution in [2.24, 2.45) is 11.1 Å². The molecular weight excluding hydrogens is 222 g/mol. The Morgan fingerprint density at radius 2 is 2.38 bits per heavy atom. The summed E-state index contributed by atoms with van der Waals surface area (Å²) in [6, 6.07) is 0. The molecule has 0 fully saturated rings. The van der Waals surface area contributed by atoms with E-state index in [1.807, 2.05) is 19.2 Å². The standard InChI is InChI=1S/C11H19N3OS/c1-8(9-13-4-5-16-9)6-14-10(15)11(2,3)7-12/h4-5,8H,6-7,12H2,1-3H3,(H,14,15). The van der Waals surface area contributed by atoms with E-state index in [2.05, 4.69) is 17.2 Å². The fraction of sp³-hybridized carbons (Fsp3) is 0.636. The molecule has 0 radical (unpaired) electrons. The molecule has 1 aromatic rings. The van der Waals surface area contributed by atoms with Crippen LogP contribution in [-0.2, 0) is 4.79 Å². The van der Waals surface area contributed by atoms with Crippen molar-refractivity contribution in [2.45, 2.75) is 26.7 Å². The van der Waals surface area contributed by atoms with E-state index in [4.69, 9.17) is 5.73 Å². The minimum atomic E-state index is -0.497. The highest BCUT2D eigenvalue weighted by atomic mass is 32.1. The Bertz CT molecular complexity index is 335. The highest BCUT2D eigenvalue weighted by Gasteiger charge is 2.25. The summed E-state index contributed by atoms with van der Waals surface area (Å²) in [6.07, 6.45) is 1.78. The number of nitrogens with zero attached hydrogens (tertiary/aromatic N) is 1. The lowest BCUT2D eigenvalue weighted by atomic mass is 9.92. The Morgan fingerprint density at radius 1 is 1.69 bits per heavy atom. The summed E-state index contributed by atoms with van der Waals surface area (Å²) >= 11 is 1.61. The summed E-state index contributed by atoms with van der Waals surface area (Å²) in [7, 11) is 0. The van der Waals surface area contributed by atoms with Gasteiger partial charge in [0, 0.05) is 30.6 Å². The summed E-state index contributed by atoms with van der Waals surface area (Å²) < 4.78 is 0. The van der Waals surface area contributed by atoms with E-state index < -0.39 is 5.41 Å². The van der Waals surface area contributed by atoms with Crippen molar-refractivity contribution >= 4 is 17.2 Å². The van der Waals surface area contributed by atoms with Crippen LogP contribution in [0.1, 0.15) is 31.7 Å². The number of carbonyl (C=O) groups is 1. The van der Waals surface area contributed by atoms with Crippen LogP contribution in [-0.4, -0.2) is 24.0 Å². The Labute approximate surface area is 100 Å². The van der Waals surface area contributed by atoms with Gasteiger partial charge in [0.15, 0.2) is 0 Å². The first-order valence-corrected chi connectivity index (χ1v) is 6.23. The minimum absolute atomic E-state index is 0.00148. The molecule has 90 valence electrons. The quantitative estimate of drug-likeness (QED) is 0.817. The van der Waals surface area contributed by atoms with Crippen LogP contribution in [0.3, 0.4) is 0 Å².